The maximum atomic E-state index is 12.6. The molecule has 2 N–H and O–H groups in total. The molecule has 0 aliphatic carbocycles. The first-order valence-corrected chi connectivity index (χ1v) is 12.1. The third-order valence-corrected chi connectivity index (χ3v) is 5.80. The second kappa shape index (κ2) is 11.9. The molecule has 0 atom stereocenters. The summed E-state index contributed by atoms with van der Waals surface area (Å²) in [5.74, 6) is -0.951. The molecule has 8 heteroatoms. The summed E-state index contributed by atoms with van der Waals surface area (Å²) in [6.07, 6.45) is 1.39. The zero-order valence-electron chi connectivity index (χ0n) is 19.8. The average Bonchev–Trinajstić information content (AvgIpc) is 2.90. The summed E-state index contributed by atoms with van der Waals surface area (Å²) in [6, 6.07) is 27.4. The van der Waals surface area contributed by atoms with Gasteiger partial charge in [-0.1, -0.05) is 51.8 Å². The Kier molecular flexibility index (Phi) is 8.22. The van der Waals surface area contributed by atoms with Crippen molar-refractivity contribution < 1.29 is 19.1 Å². The SMILES string of the molecule is Cc1ccc(C(=O)Nc2cccc(C(=O)NN=Cc3ccccc3OC(=O)c3ccc(Br)cc3)c2)cc1. The maximum absolute atomic E-state index is 12.6. The number of hydrogen-bond donors (Lipinski definition) is 2. The van der Waals surface area contributed by atoms with Gasteiger partial charge >= 0.3 is 5.97 Å². The molecule has 7 nitrogen and oxygen atoms in total. The molecular formula is C29H22BrN3O4. The largest absolute Gasteiger partial charge is 0.422 e. The Morgan fingerprint density at radius 2 is 1.49 bits per heavy atom. The van der Waals surface area contributed by atoms with E-state index in [9.17, 15) is 14.4 Å². The monoisotopic (exact) mass is 555 g/mol. The maximum Gasteiger partial charge on any atom is 0.343 e. The van der Waals surface area contributed by atoms with Gasteiger partial charge in [0.25, 0.3) is 11.8 Å². The summed E-state index contributed by atoms with van der Waals surface area (Å²) in [6.45, 7) is 1.95. The summed E-state index contributed by atoms with van der Waals surface area (Å²) >= 11 is 3.33. The van der Waals surface area contributed by atoms with Crippen molar-refractivity contribution >= 4 is 45.6 Å². The number of carbonyl (C=O) groups excluding carboxylic acids is 3. The molecule has 0 unspecified atom stereocenters. The van der Waals surface area contributed by atoms with Crippen LogP contribution in [0.15, 0.2) is 107 Å². The van der Waals surface area contributed by atoms with Crippen LogP contribution in [0.2, 0.25) is 0 Å². The second-order valence-corrected chi connectivity index (χ2v) is 8.95. The second-order valence-electron chi connectivity index (χ2n) is 8.03. The molecule has 0 heterocycles. The van der Waals surface area contributed by atoms with Crippen molar-refractivity contribution in [3.8, 4) is 5.75 Å². The van der Waals surface area contributed by atoms with Crippen LogP contribution in [-0.2, 0) is 0 Å². The number of amides is 2. The molecule has 37 heavy (non-hydrogen) atoms. The predicted octanol–water partition coefficient (Wildman–Crippen LogP) is 5.99. The third-order valence-electron chi connectivity index (χ3n) is 5.27. The van der Waals surface area contributed by atoms with Crippen LogP contribution >= 0.6 is 15.9 Å². The van der Waals surface area contributed by atoms with Crippen molar-refractivity contribution in [2.24, 2.45) is 5.10 Å². The molecule has 4 aromatic carbocycles. The topological polar surface area (TPSA) is 96.9 Å². The van der Waals surface area contributed by atoms with Crippen LogP contribution in [-0.4, -0.2) is 24.0 Å². The zero-order chi connectivity index (χ0) is 26.2. The highest BCUT2D eigenvalue weighted by Gasteiger charge is 2.12. The van der Waals surface area contributed by atoms with Gasteiger partial charge in [0.15, 0.2) is 0 Å². The van der Waals surface area contributed by atoms with E-state index in [2.05, 4.69) is 31.8 Å². The van der Waals surface area contributed by atoms with Crippen molar-refractivity contribution in [2.75, 3.05) is 5.32 Å². The molecular weight excluding hydrogens is 534 g/mol. The lowest BCUT2D eigenvalue weighted by atomic mass is 10.1. The fourth-order valence-corrected chi connectivity index (χ4v) is 3.56. The lowest BCUT2D eigenvalue weighted by Gasteiger charge is -2.08. The number of halogens is 1. The summed E-state index contributed by atoms with van der Waals surface area (Å²) in [5.41, 5.74) is 5.73. The Hall–Kier alpha value is -4.56. The van der Waals surface area contributed by atoms with Gasteiger partial charge in [-0.3, -0.25) is 9.59 Å². The van der Waals surface area contributed by atoms with Gasteiger partial charge in [-0.15, -0.1) is 0 Å². The van der Waals surface area contributed by atoms with Gasteiger partial charge in [0.05, 0.1) is 11.8 Å². The fourth-order valence-electron chi connectivity index (χ4n) is 3.30. The molecule has 4 aromatic rings. The van der Waals surface area contributed by atoms with Gasteiger partial charge in [0.1, 0.15) is 5.75 Å². The van der Waals surface area contributed by atoms with E-state index in [-0.39, 0.29) is 5.91 Å². The Morgan fingerprint density at radius 3 is 2.24 bits per heavy atom. The molecule has 0 aromatic heterocycles. The molecule has 2 amide bonds. The predicted molar refractivity (Wildman–Crippen MR) is 146 cm³/mol. The highest BCUT2D eigenvalue weighted by molar-refractivity contribution is 9.10. The first-order valence-electron chi connectivity index (χ1n) is 11.3. The van der Waals surface area contributed by atoms with E-state index in [0.717, 1.165) is 10.0 Å². The minimum absolute atomic E-state index is 0.273. The van der Waals surface area contributed by atoms with Gasteiger partial charge in [-0.05, 0) is 73.7 Å². The zero-order valence-corrected chi connectivity index (χ0v) is 21.4. The molecule has 0 saturated carbocycles. The van der Waals surface area contributed by atoms with Gasteiger partial charge in [0, 0.05) is 26.9 Å². The van der Waals surface area contributed by atoms with Crippen molar-refractivity contribution in [3.05, 3.63) is 129 Å². The number of rotatable bonds is 7. The standard InChI is InChI=1S/C29H22BrN3O4/c1-19-9-11-20(12-10-19)27(34)32-25-7-4-6-22(17-25)28(35)33-31-18-23-5-2-3-8-26(23)37-29(36)21-13-15-24(30)16-14-21/h2-18H,1H3,(H,32,34)(H,33,35). The Balaban J connectivity index is 1.39. The van der Waals surface area contributed by atoms with Crippen molar-refractivity contribution in [3.63, 3.8) is 0 Å². The molecule has 0 bridgehead atoms. The van der Waals surface area contributed by atoms with E-state index in [1.54, 1.807) is 84.9 Å². The van der Waals surface area contributed by atoms with Gasteiger partial charge in [-0.25, -0.2) is 10.2 Å². The average molecular weight is 556 g/mol. The van der Waals surface area contributed by atoms with E-state index in [0.29, 0.717) is 33.7 Å². The lowest BCUT2D eigenvalue weighted by Crippen LogP contribution is -2.18. The normalized spacial score (nSPS) is 10.6. The van der Waals surface area contributed by atoms with E-state index in [1.165, 1.54) is 6.21 Å². The Labute approximate surface area is 222 Å². The van der Waals surface area contributed by atoms with Gasteiger partial charge in [-0.2, -0.15) is 5.10 Å². The minimum Gasteiger partial charge on any atom is -0.422 e. The smallest absolute Gasteiger partial charge is 0.343 e. The van der Waals surface area contributed by atoms with Crippen LogP contribution < -0.4 is 15.5 Å². The highest BCUT2D eigenvalue weighted by atomic mass is 79.9. The van der Waals surface area contributed by atoms with Crippen LogP contribution in [0.5, 0.6) is 5.75 Å². The molecule has 0 aliphatic rings. The number of ether oxygens (including phenoxy) is 1. The fraction of sp³-hybridized carbons (Fsp3) is 0.0345. The number of anilines is 1. The Morgan fingerprint density at radius 1 is 0.784 bits per heavy atom. The molecule has 0 saturated heterocycles. The third kappa shape index (κ3) is 6.99. The number of nitrogens with zero attached hydrogens (tertiary/aromatic N) is 1. The first-order chi connectivity index (χ1) is 17.9. The molecule has 0 spiro atoms. The van der Waals surface area contributed by atoms with Crippen molar-refractivity contribution in [1.82, 2.24) is 5.43 Å². The molecule has 4 rings (SSSR count). The van der Waals surface area contributed by atoms with Crippen molar-refractivity contribution in [1.29, 1.82) is 0 Å². The summed E-state index contributed by atoms with van der Waals surface area (Å²) in [4.78, 5) is 37.6. The van der Waals surface area contributed by atoms with Crippen LogP contribution in [0.4, 0.5) is 5.69 Å². The number of esters is 1. The summed E-state index contributed by atoms with van der Waals surface area (Å²) in [5, 5.41) is 6.80. The number of nitrogens with one attached hydrogen (secondary N) is 2. The van der Waals surface area contributed by atoms with Crippen LogP contribution in [0, 0.1) is 6.92 Å². The number of hydrogen-bond acceptors (Lipinski definition) is 5. The van der Waals surface area contributed by atoms with E-state index in [1.807, 2.05) is 19.1 Å². The summed E-state index contributed by atoms with van der Waals surface area (Å²) < 4.78 is 6.36. The molecule has 184 valence electrons. The van der Waals surface area contributed by atoms with Crippen LogP contribution in [0.25, 0.3) is 0 Å². The quantitative estimate of drug-likeness (QED) is 0.126. The van der Waals surface area contributed by atoms with Gasteiger partial charge in [0.2, 0.25) is 0 Å². The van der Waals surface area contributed by atoms with Crippen LogP contribution in [0.1, 0.15) is 42.2 Å². The van der Waals surface area contributed by atoms with E-state index < -0.39 is 11.9 Å². The first kappa shape index (κ1) is 25.5. The van der Waals surface area contributed by atoms with E-state index >= 15 is 0 Å². The number of benzene rings is 4. The summed E-state index contributed by atoms with van der Waals surface area (Å²) in [7, 11) is 0. The number of aryl methyl sites for hydroxylation is 1. The number of carbonyl (C=O) groups is 3. The molecule has 0 aliphatic heterocycles. The van der Waals surface area contributed by atoms with E-state index in [4.69, 9.17) is 4.74 Å². The number of para-hydroxylation sites is 1. The van der Waals surface area contributed by atoms with Crippen LogP contribution in [0.3, 0.4) is 0 Å². The van der Waals surface area contributed by atoms with Gasteiger partial charge < -0.3 is 10.1 Å². The lowest BCUT2D eigenvalue weighted by molar-refractivity contribution is 0.0734. The highest BCUT2D eigenvalue weighted by Crippen LogP contribution is 2.19. The van der Waals surface area contributed by atoms with Crippen molar-refractivity contribution in [2.45, 2.75) is 6.92 Å². The number of hydrazone groups is 1. The molecule has 0 fully saturated rings. The Bertz CT molecular complexity index is 1470. The molecule has 0 radical (unpaired) electrons. The minimum atomic E-state index is -0.512.